The molecule has 2 amide bonds. The van der Waals surface area contributed by atoms with E-state index in [0.29, 0.717) is 24.0 Å². The molecule has 13 heteroatoms. The van der Waals surface area contributed by atoms with Crippen LogP contribution in [0.15, 0.2) is 30.5 Å². The van der Waals surface area contributed by atoms with Gasteiger partial charge in [-0.3, -0.25) is 4.68 Å². The highest BCUT2D eigenvalue weighted by molar-refractivity contribution is 6.30. The van der Waals surface area contributed by atoms with Crippen molar-refractivity contribution in [3.05, 3.63) is 46.7 Å². The van der Waals surface area contributed by atoms with Gasteiger partial charge < -0.3 is 21.1 Å². The summed E-state index contributed by atoms with van der Waals surface area (Å²) in [7, 11) is 0. The first kappa shape index (κ1) is 27.4. The van der Waals surface area contributed by atoms with E-state index in [1.165, 1.54) is 0 Å². The average molecular weight is 505 g/mol. The van der Waals surface area contributed by atoms with Gasteiger partial charge in [0.05, 0.1) is 11.7 Å². The Morgan fingerprint density at radius 1 is 1.26 bits per heavy atom. The Balaban J connectivity index is 0.000000509. The molecule has 0 saturated carbocycles. The number of hydrogen-bond acceptors (Lipinski definition) is 5. The molecule has 9 nitrogen and oxygen atoms in total. The lowest BCUT2D eigenvalue weighted by molar-refractivity contribution is -0.192. The van der Waals surface area contributed by atoms with E-state index >= 15 is 0 Å². The van der Waals surface area contributed by atoms with Gasteiger partial charge in [0.1, 0.15) is 5.69 Å². The Hall–Kier alpha value is -2.86. The van der Waals surface area contributed by atoms with Crippen LogP contribution in [0, 0.1) is 5.92 Å². The Morgan fingerprint density at radius 2 is 1.88 bits per heavy atom. The van der Waals surface area contributed by atoms with Gasteiger partial charge in [-0.05, 0) is 50.3 Å². The molecule has 0 bridgehead atoms. The van der Waals surface area contributed by atoms with Crippen LogP contribution < -0.4 is 11.1 Å². The first-order valence-electron chi connectivity index (χ1n) is 10.5. The van der Waals surface area contributed by atoms with Gasteiger partial charge in [0.25, 0.3) is 0 Å². The quantitative estimate of drug-likeness (QED) is 0.573. The van der Waals surface area contributed by atoms with E-state index in [4.69, 9.17) is 27.2 Å². The van der Waals surface area contributed by atoms with Gasteiger partial charge in [-0.15, -0.1) is 5.10 Å². The molecule has 2 heterocycles. The molecule has 0 spiro atoms. The molecule has 1 saturated heterocycles. The summed E-state index contributed by atoms with van der Waals surface area (Å²) in [5.74, 6) is -2.40. The third-order valence-corrected chi connectivity index (χ3v) is 5.30. The number of nitrogens with zero attached hydrogens (tertiary/aromatic N) is 4. The largest absolute Gasteiger partial charge is 0.490 e. The van der Waals surface area contributed by atoms with Crippen molar-refractivity contribution in [2.75, 3.05) is 13.1 Å². The van der Waals surface area contributed by atoms with Crippen molar-refractivity contribution in [3.63, 3.8) is 0 Å². The van der Waals surface area contributed by atoms with E-state index in [2.05, 4.69) is 15.6 Å². The summed E-state index contributed by atoms with van der Waals surface area (Å²) in [5.41, 5.74) is 7.37. The second-order valence-electron chi connectivity index (χ2n) is 8.59. The van der Waals surface area contributed by atoms with E-state index in [0.717, 1.165) is 37.2 Å². The van der Waals surface area contributed by atoms with Crippen molar-refractivity contribution < 1.29 is 27.9 Å². The molecule has 1 fully saturated rings. The van der Waals surface area contributed by atoms with Gasteiger partial charge in [-0.1, -0.05) is 28.9 Å². The lowest BCUT2D eigenvalue weighted by Gasteiger charge is -2.32. The zero-order chi connectivity index (χ0) is 25.5. The maximum atomic E-state index is 12.5. The summed E-state index contributed by atoms with van der Waals surface area (Å²) in [6.07, 6.45) is -1.12. The number of aliphatic carboxylic acids is 1. The number of carbonyl (C=O) groups is 2. The van der Waals surface area contributed by atoms with Crippen LogP contribution in [0.3, 0.4) is 0 Å². The van der Waals surface area contributed by atoms with Crippen molar-refractivity contribution in [2.45, 2.75) is 51.5 Å². The highest BCUT2D eigenvalue weighted by atomic mass is 35.5. The molecule has 1 atom stereocenters. The maximum absolute atomic E-state index is 12.5. The number of amides is 2. The summed E-state index contributed by atoms with van der Waals surface area (Å²) >= 11 is 5.89. The van der Waals surface area contributed by atoms with Crippen LogP contribution in [0.1, 0.15) is 37.9 Å². The molecular weight excluding hydrogens is 477 g/mol. The molecular formula is C21H28ClF3N6O3. The van der Waals surface area contributed by atoms with Crippen molar-refractivity contribution >= 4 is 23.6 Å². The number of halogens is 4. The molecule has 1 aromatic carbocycles. The van der Waals surface area contributed by atoms with Crippen LogP contribution in [0.5, 0.6) is 0 Å². The zero-order valence-electron chi connectivity index (χ0n) is 18.8. The van der Waals surface area contributed by atoms with E-state index < -0.39 is 17.7 Å². The molecule has 188 valence electrons. The lowest BCUT2D eigenvalue weighted by atomic mass is 9.98. The van der Waals surface area contributed by atoms with E-state index in [9.17, 15) is 18.0 Å². The zero-order valence-corrected chi connectivity index (χ0v) is 19.6. The third-order valence-electron chi connectivity index (χ3n) is 5.05. The molecule has 0 radical (unpaired) electrons. The number of urea groups is 1. The number of rotatable bonds is 5. The minimum atomic E-state index is -5.08. The Kier molecular flexibility index (Phi) is 9.28. The molecule has 1 aromatic heterocycles. The number of hydrogen-bond donors (Lipinski definition) is 3. The minimum Gasteiger partial charge on any atom is -0.475 e. The van der Waals surface area contributed by atoms with Gasteiger partial charge in [0.15, 0.2) is 0 Å². The second kappa shape index (κ2) is 11.5. The second-order valence-corrected chi connectivity index (χ2v) is 9.03. The van der Waals surface area contributed by atoms with Gasteiger partial charge in [-0.25, -0.2) is 9.59 Å². The number of alkyl halides is 3. The molecule has 2 aromatic rings. The van der Waals surface area contributed by atoms with E-state index in [1.807, 2.05) is 53.9 Å². The Morgan fingerprint density at radius 3 is 2.41 bits per heavy atom. The predicted octanol–water partition coefficient (Wildman–Crippen LogP) is 3.38. The Labute approximate surface area is 200 Å². The smallest absolute Gasteiger partial charge is 0.475 e. The molecule has 1 unspecified atom stereocenters. The van der Waals surface area contributed by atoms with Crippen LogP contribution >= 0.6 is 11.6 Å². The SMILES string of the molecule is CC(C)(N)c1cn(CC2CCCN(C(=O)NCc3ccc(Cl)cc3)C2)nn1.O=C(O)C(F)(F)F. The van der Waals surface area contributed by atoms with Crippen molar-refractivity contribution in [1.29, 1.82) is 0 Å². The number of aromatic nitrogens is 3. The first-order valence-corrected chi connectivity index (χ1v) is 10.9. The number of nitrogens with two attached hydrogens (primary N) is 1. The highest BCUT2D eigenvalue weighted by Crippen LogP contribution is 2.20. The Bertz CT molecular complexity index is 960. The molecule has 4 N–H and O–H groups in total. The number of carboxylic acid groups (broad SMARTS) is 1. The number of carbonyl (C=O) groups excluding carboxylic acids is 1. The summed E-state index contributed by atoms with van der Waals surface area (Å²) in [6.45, 7) is 6.55. The van der Waals surface area contributed by atoms with Crippen LogP contribution in [0.4, 0.5) is 18.0 Å². The molecule has 0 aliphatic carbocycles. The summed E-state index contributed by atoms with van der Waals surface area (Å²) in [6, 6.07) is 7.47. The van der Waals surface area contributed by atoms with E-state index in [1.54, 1.807) is 0 Å². The third kappa shape index (κ3) is 8.82. The van der Waals surface area contributed by atoms with Gasteiger partial charge >= 0.3 is 18.2 Å². The topological polar surface area (TPSA) is 126 Å². The molecule has 1 aliphatic heterocycles. The maximum Gasteiger partial charge on any atom is 0.490 e. The monoisotopic (exact) mass is 504 g/mol. The van der Waals surface area contributed by atoms with Gasteiger partial charge in [0, 0.05) is 31.2 Å². The predicted molar refractivity (Wildman–Crippen MR) is 119 cm³/mol. The molecule has 34 heavy (non-hydrogen) atoms. The number of piperidine rings is 1. The van der Waals surface area contributed by atoms with Crippen LogP contribution in [-0.2, 0) is 23.4 Å². The number of nitrogens with one attached hydrogen (secondary N) is 1. The average Bonchev–Trinajstić information content (AvgIpc) is 3.22. The highest BCUT2D eigenvalue weighted by Gasteiger charge is 2.38. The van der Waals surface area contributed by atoms with Crippen molar-refractivity contribution in [2.24, 2.45) is 11.7 Å². The molecule has 1 aliphatic rings. The number of benzene rings is 1. The first-order chi connectivity index (χ1) is 15.8. The fourth-order valence-electron chi connectivity index (χ4n) is 3.24. The fourth-order valence-corrected chi connectivity index (χ4v) is 3.36. The standard InChI is InChI=1S/C19H27ClN6O.C2HF3O2/c1-19(2,21)17-13-26(24-23-17)12-15-4-3-9-25(11-15)18(27)22-10-14-5-7-16(20)8-6-14;3-2(4,5)1(6)7/h5-8,13,15H,3-4,9-12,21H2,1-2H3,(H,22,27);(H,6,7). The van der Waals surface area contributed by atoms with Crippen molar-refractivity contribution in [1.82, 2.24) is 25.2 Å². The van der Waals surface area contributed by atoms with E-state index in [-0.39, 0.29) is 6.03 Å². The van der Waals surface area contributed by atoms with Crippen LogP contribution in [0.2, 0.25) is 5.02 Å². The van der Waals surface area contributed by atoms with Crippen LogP contribution in [0.25, 0.3) is 0 Å². The lowest BCUT2D eigenvalue weighted by Crippen LogP contribution is -2.46. The fraction of sp³-hybridized carbons (Fsp3) is 0.524. The normalized spacial score (nSPS) is 16.4. The summed E-state index contributed by atoms with van der Waals surface area (Å²) in [5, 5.41) is 19.2. The minimum absolute atomic E-state index is 0.0305. The van der Waals surface area contributed by atoms with Crippen LogP contribution in [-0.4, -0.2) is 56.3 Å². The van der Waals surface area contributed by atoms with Crippen molar-refractivity contribution in [3.8, 4) is 0 Å². The summed E-state index contributed by atoms with van der Waals surface area (Å²) in [4.78, 5) is 23.3. The summed E-state index contributed by atoms with van der Waals surface area (Å²) < 4.78 is 33.6. The number of carboxylic acids is 1. The van der Waals surface area contributed by atoms with Gasteiger partial charge in [-0.2, -0.15) is 13.2 Å². The molecule has 3 rings (SSSR count). The number of likely N-dealkylation sites (tertiary alicyclic amines) is 1. The van der Waals surface area contributed by atoms with Gasteiger partial charge in [0.2, 0.25) is 0 Å².